The van der Waals surface area contributed by atoms with E-state index in [4.69, 9.17) is 15.2 Å². The average Bonchev–Trinajstić information content (AvgIpc) is 2.44. The van der Waals surface area contributed by atoms with Gasteiger partial charge in [-0.05, 0) is 31.4 Å². The summed E-state index contributed by atoms with van der Waals surface area (Å²) in [5, 5.41) is 5.62. The van der Waals surface area contributed by atoms with Crippen LogP contribution in [0.25, 0.3) is 0 Å². The van der Waals surface area contributed by atoms with Gasteiger partial charge in [0.1, 0.15) is 13.2 Å². The molecule has 0 spiro atoms. The minimum absolute atomic E-state index is 0.168. The number of urea groups is 1. The van der Waals surface area contributed by atoms with Gasteiger partial charge in [-0.1, -0.05) is 0 Å². The molecule has 1 heterocycles. The molecule has 4 N–H and O–H groups in total. The molecule has 1 fully saturated rings. The van der Waals surface area contributed by atoms with Crippen molar-refractivity contribution < 1.29 is 19.1 Å². The lowest BCUT2D eigenvalue weighted by molar-refractivity contribution is -0.120. The molecule has 0 bridgehead atoms. The maximum atomic E-state index is 12.1. The normalized spacial score (nSPS) is 18.0. The Kier molecular flexibility index (Phi) is 3.79. The molecule has 1 aliphatic heterocycles. The second-order valence-corrected chi connectivity index (χ2v) is 5.71. The van der Waals surface area contributed by atoms with Crippen molar-refractivity contribution in [2.24, 2.45) is 5.73 Å². The standard InChI is InChI=1S/C15H19N3O4/c16-13(19)9-15(4-1-5-15)18-14(20)17-10-2-3-11-12(8-10)22-7-6-21-11/h2-3,8H,1,4-7,9H2,(H2,16,19)(H2,17,18,20). The van der Waals surface area contributed by atoms with Crippen molar-refractivity contribution in [2.75, 3.05) is 18.5 Å². The first kappa shape index (κ1) is 14.5. The van der Waals surface area contributed by atoms with Crippen LogP contribution in [0.5, 0.6) is 11.5 Å². The van der Waals surface area contributed by atoms with Gasteiger partial charge in [0.25, 0.3) is 0 Å². The number of fused-ring (bicyclic) bond motifs is 1. The number of hydrogen-bond donors (Lipinski definition) is 3. The fourth-order valence-electron chi connectivity index (χ4n) is 2.81. The van der Waals surface area contributed by atoms with Crippen LogP contribution in [0.1, 0.15) is 25.7 Å². The zero-order valence-electron chi connectivity index (χ0n) is 12.2. The number of nitrogens with two attached hydrogens (primary N) is 1. The molecule has 1 aromatic carbocycles. The van der Waals surface area contributed by atoms with Gasteiger partial charge in [0.15, 0.2) is 11.5 Å². The summed E-state index contributed by atoms with van der Waals surface area (Å²) < 4.78 is 10.9. The minimum atomic E-state index is -0.496. The number of carbonyl (C=O) groups excluding carboxylic acids is 2. The lowest BCUT2D eigenvalue weighted by Gasteiger charge is -2.41. The van der Waals surface area contributed by atoms with E-state index in [0.717, 1.165) is 19.3 Å². The van der Waals surface area contributed by atoms with Gasteiger partial charge in [0.05, 0.1) is 5.54 Å². The number of primary amides is 1. The van der Waals surface area contributed by atoms with E-state index in [1.165, 1.54) is 0 Å². The SMILES string of the molecule is NC(=O)CC1(NC(=O)Nc2ccc3c(c2)OCCO3)CCC1. The van der Waals surface area contributed by atoms with Crippen molar-refractivity contribution >= 4 is 17.6 Å². The van der Waals surface area contributed by atoms with Crippen molar-refractivity contribution in [3.63, 3.8) is 0 Å². The highest BCUT2D eigenvalue weighted by molar-refractivity contribution is 5.91. The van der Waals surface area contributed by atoms with Crippen molar-refractivity contribution in [1.29, 1.82) is 0 Å². The lowest BCUT2D eigenvalue weighted by atomic mass is 9.74. The quantitative estimate of drug-likeness (QED) is 0.782. The smallest absolute Gasteiger partial charge is 0.319 e. The summed E-state index contributed by atoms with van der Waals surface area (Å²) in [4.78, 5) is 23.3. The molecule has 22 heavy (non-hydrogen) atoms. The molecule has 1 aromatic rings. The second-order valence-electron chi connectivity index (χ2n) is 5.71. The molecule has 1 saturated carbocycles. The predicted octanol–water partition coefficient (Wildman–Crippen LogP) is 1.38. The Labute approximate surface area is 128 Å². The maximum absolute atomic E-state index is 12.1. The van der Waals surface area contributed by atoms with Gasteiger partial charge in [0, 0.05) is 18.2 Å². The molecule has 0 atom stereocenters. The van der Waals surface area contributed by atoms with Crippen molar-refractivity contribution in [1.82, 2.24) is 5.32 Å². The molecular formula is C15H19N3O4. The number of benzene rings is 1. The van der Waals surface area contributed by atoms with Gasteiger partial charge in [-0.25, -0.2) is 4.79 Å². The molecule has 118 valence electrons. The molecule has 7 nitrogen and oxygen atoms in total. The topological polar surface area (TPSA) is 103 Å². The van der Waals surface area contributed by atoms with Crippen LogP contribution in [0.2, 0.25) is 0 Å². The monoisotopic (exact) mass is 305 g/mol. The van der Waals surface area contributed by atoms with E-state index in [9.17, 15) is 9.59 Å². The molecule has 0 unspecified atom stereocenters. The molecular weight excluding hydrogens is 286 g/mol. The van der Waals surface area contributed by atoms with E-state index >= 15 is 0 Å². The first-order valence-electron chi connectivity index (χ1n) is 7.33. The third-order valence-corrected chi connectivity index (χ3v) is 4.00. The van der Waals surface area contributed by atoms with Crippen molar-refractivity contribution in [3.05, 3.63) is 18.2 Å². The predicted molar refractivity (Wildman–Crippen MR) is 80.0 cm³/mol. The van der Waals surface area contributed by atoms with Gasteiger partial charge in [-0.3, -0.25) is 4.79 Å². The molecule has 2 aliphatic rings. The van der Waals surface area contributed by atoms with E-state index in [1.54, 1.807) is 18.2 Å². The van der Waals surface area contributed by atoms with Crippen LogP contribution in [-0.2, 0) is 4.79 Å². The fraction of sp³-hybridized carbons (Fsp3) is 0.467. The number of rotatable bonds is 4. The summed E-state index contributed by atoms with van der Waals surface area (Å²) in [5.41, 5.74) is 5.36. The summed E-state index contributed by atoms with van der Waals surface area (Å²) in [6.07, 6.45) is 2.69. The number of carbonyl (C=O) groups is 2. The van der Waals surface area contributed by atoms with E-state index < -0.39 is 11.4 Å². The van der Waals surface area contributed by atoms with Crippen LogP contribution in [0, 0.1) is 0 Å². The van der Waals surface area contributed by atoms with Gasteiger partial charge >= 0.3 is 6.03 Å². The molecule has 0 saturated heterocycles. The fourth-order valence-corrected chi connectivity index (χ4v) is 2.81. The van der Waals surface area contributed by atoms with Crippen LogP contribution in [0.3, 0.4) is 0 Å². The summed E-state index contributed by atoms with van der Waals surface area (Å²) in [6, 6.07) is 4.87. The Morgan fingerprint density at radius 1 is 1.18 bits per heavy atom. The van der Waals surface area contributed by atoms with E-state index in [0.29, 0.717) is 30.4 Å². The molecule has 7 heteroatoms. The summed E-state index contributed by atoms with van der Waals surface area (Å²) in [6.45, 7) is 1.01. The zero-order chi connectivity index (χ0) is 15.6. The summed E-state index contributed by atoms with van der Waals surface area (Å²) in [7, 11) is 0. The lowest BCUT2D eigenvalue weighted by Crippen LogP contribution is -2.56. The Bertz CT molecular complexity index is 598. The van der Waals surface area contributed by atoms with Gasteiger partial charge in [-0.15, -0.1) is 0 Å². The Morgan fingerprint density at radius 2 is 1.91 bits per heavy atom. The first-order chi connectivity index (χ1) is 10.6. The summed E-state index contributed by atoms with van der Waals surface area (Å²) in [5.74, 6) is 0.875. The Morgan fingerprint density at radius 3 is 2.55 bits per heavy atom. The largest absolute Gasteiger partial charge is 0.486 e. The first-order valence-corrected chi connectivity index (χ1v) is 7.33. The number of ether oxygens (including phenoxy) is 2. The van der Waals surface area contributed by atoms with Crippen LogP contribution < -0.4 is 25.8 Å². The van der Waals surface area contributed by atoms with Crippen molar-refractivity contribution in [3.8, 4) is 11.5 Å². The minimum Gasteiger partial charge on any atom is -0.486 e. The zero-order valence-corrected chi connectivity index (χ0v) is 12.2. The Hall–Kier alpha value is -2.44. The van der Waals surface area contributed by atoms with E-state index in [-0.39, 0.29) is 12.5 Å². The van der Waals surface area contributed by atoms with E-state index in [2.05, 4.69) is 10.6 Å². The molecule has 1 aliphatic carbocycles. The Balaban J connectivity index is 1.63. The highest BCUT2D eigenvalue weighted by atomic mass is 16.6. The van der Waals surface area contributed by atoms with Crippen molar-refractivity contribution in [2.45, 2.75) is 31.2 Å². The summed E-state index contributed by atoms with van der Waals surface area (Å²) >= 11 is 0. The van der Waals surface area contributed by atoms with Gasteiger partial charge in [-0.2, -0.15) is 0 Å². The number of anilines is 1. The second kappa shape index (κ2) is 5.75. The third-order valence-electron chi connectivity index (χ3n) is 4.00. The van der Waals surface area contributed by atoms with Crippen LogP contribution in [-0.4, -0.2) is 30.7 Å². The third kappa shape index (κ3) is 3.08. The molecule has 3 amide bonds. The van der Waals surface area contributed by atoms with Gasteiger partial charge in [0.2, 0.25) is 5.91 Å². The molecule has 3 rings (SSSR count). The van der Waals surface area contributed by atoms with Gasteiger partial charge < -0.3 is 25.8 Å². The number of nitrogens with one attached hydrogen (secondary N) is 2. The highest BCUT2D eigenvalue weighted by Gasteiger charge is 2.39. The average molecular weight is 305 g/mol. The number of hydrogen-bond acceptors (Lipinski definition) is 4. The number of amides is 3. The van der Waals surface area contributed by atoms with E-state index in [1.807, 2.05) is 0 Å². The molecule has 0 radical (unpaired) electrons. The maximum Gasteiger partial charge on any atom is 0.319 e. The molecule has 0 aromatic heterocycles. The highest BCUT2D eigenvalue weighted by Crippen LogP contribution is 2.35. The van der Waals surface area contributed by atoms with Crippen LogP contribution in [0.15, 0.2) is 18.2 Å². The van der Waals surface area contributed by atoms with Crippen LogP contribution in [0.4, 0.5) is 10.5 Å². The van der Waals surface area contributed by atoms with Crippen LogP contribution >= 0.6 is 0 Å².